The second kappa shape index (κ2) is 9.55. The highest BCUT2D eigenvalue weighted by atomic mass is 16.5. The molecule has 0 radical (unpaired) electrons. The normalized spacial score (nSPS) is 26.2. The van der Waals surface area contributed by atoms with E-state index in [1.807, 2.05) is 0 Å². The van der Waals surface area contributed by atoms with E-state index in [0.717, 1.165) is 45.1 Å². The summed E-state index contributed by atoms with van der Waals surface area (Å²) < 4.78 is 5.47. The third-order valence-electron chi connectivity index (χ3n) is 5.79. The third-order valence-corrected chi connectivity index (χ3v) is 5.79. The molecule has 0 aromatic carbocycles. The number of piperidine rings is 1. The third kappa shape index (κ3) is 5.33. The maximum atomic E-state index is 12.0. The summed E-state index contributed by atoms with van der Waals surface area (Å²) in [7, 11) is 3.57. The van der Waals surface area contributed by atoms with Crippen LogP contribution in [0.2, 0.25) is 0 Å². The number of aliphatic imine (C=N–C) groups is 1. The fourth-order valence-electron chi connectivity index (χ4n) is 4.06. The Labute approximate surface area is 157 Å². The van der Waals surface area contributed by atoms with Crippen molar-refractivity contribution in [2.75, 3.05) is 60.0 Å². The molecule has 3 aliphatic heterocycles. The zero-order valence-electron chi connectivity index (χ0n) is 16.5. The summed E-state index contributed by atoms with van der Waals surface area (Å²) in [4.78, 5) is 23.3. The average Bonchev–Trinajstić information content (AvgIpc) is 3.16. The van der Waals surface area contributed by atoms with Gasteiger partial charge in [-0.1, -0.05) is 6.42 Å². The Kier molecular flexibility index (Phi) is 7.14. The molecule has 0 spiro atoms. The molecule has 0 aliphatic carbocycles. The van der Waals surface area contributed by atoms with E-state index in [0.29, 0.717) is 12.1 Å². The van der Waals surface area contributed by atoms with Crippen molar-refractivity contribution in [2.24, 2.45) is 4.99 Å². The number of amides is 1. The number of hydrogen-bond donors (Lipinski definition) is 1. The predicted octanol–water partition coefficient (Wildman–Crippen LogP) is 0.759. The van der Waals surface area contributed by atoms with E-state index < -0.39 is 0 Å². The highest BCUT2D eigenvalue weighted by molar-refractivity contribution is 5.85. The van der Waals surface area contributed by atoms with Crippen LogP contribution in [0.4, 0.5) is 0 Å². The molecule has 148 valence electrons. The molecule has 7 nitrogen and oxygen atoms in total. The van der Waals surface area contributed by atoms with Crippen molar-refractivity contribution in [3.8, 4) is 0 Å². The first-order valence-corrected chi connectivity index (χ1v) is 10.2. The van der Waals surface area contributed by atoms with Crippen molar-refractivity contribution in [3.05, 3.63) is 0 Å². The molecule has 0 saturated carbocycles. The zero-order valence-corrected chi connectivity index (χ0v) is 16.5. The van der Waals surface area contributed by atoms with Gasteiger partial charge >= 0.3 is 0 Å². The van der Waals surface area contributed by atoms with Gasteiger partial charge in [-0.25, -0.2) is 4.99 Å². The number of hydrogen-bond acceptors (Lipinski definition) is 4. The largest absolute Gasteiger partial charge is 0.381 e. The van der Waals surface area contributed by atoms with E-state index in [2.05, 4.69) is 20.1 Å². The minimum Gasteiger partial charge on any atom is -0.381 e. The molecule has 7 heteroatoms. The lowest BCUT2D eigenvalue weighted by Gasteiger charge is -2.33. The van der Waals surface area contributed by atoms with E-state index in [9.17, 15) is 4.79 Å². The van der Waals surface area contributed by atoms with Gasteiger partial charge in [-0.2, -0.15) is 0 Å². The molecule has 0 aromatic rings. The zero-order chi connectivity index (χ0) is 18.4. The van der Waals surface area contributed by atoms with Crippen molar-refractivity contribution in [1.29, 1.82) is 0 Å². The van der Waals surface area contributed by atoms with Gasteiger partial charge in [-0.15, -0.1) is 0 Å². The standard InChI is InChI=1S/C19H35N5O2/c1-22(2)18(25)14-20-19(21-16-7-12-26-13-8-16)24-11-6-17(15-24)23-9-4-3-5-10-23/h16-17H,3-15H2,1-2H3,(H,20,21). The second-order valence-corrected chi connectivity index (χ2v) is 7.94. The van der Waals surface area contributed by atoms with Crippen molar-refractivity contribution < 1.29 is 9.53 Å². The van der Waals surface area contributed by atoms with Crippen LogP contribution in [0.3, 0.4) is 0 Å². The second-order valence-electron chi connectivity index (χ2n) is 7.94. The topological polar surface area (TPSA) is 60.4 Å². The van der Waals surface area contributed by atoms with Gasteiger partial charge in [-0.3, -0.25) is 9.69 Å². The molecule has 1 amide bonds. The van der Waals surface area contributed by atoms with Crippen LogP contribution in [0.1, 0.15) is 38.5 Å². The molecule has 0 aromatic heterocycles. The maximum Gasteiger partial charge on any atom is 0.243 e. The van der Waals surface area contributed by atoms with Crippen LogP contribution in [-0.4, -0.2) is 98.7 Å². The maximum absolute atomic E-state index is 12.0. The van der Waals surface area contributed by atoms with Crippen LogP contribution in [-0.2, 0) is 9.53 Å². The molecule has 26 heavy (non-hydrogen) atoms. The van der Waals surface area contributed by atoms with Gasteiger partial charge in [0.2, 0.25) is 5.91 Å². The van der Waals surface area contributed by atoms with Gasteiger partial charge < -0.3 is 19.9 Å². The van der Waals surface area contributed by atoms with E-state index in [1.165, 1.54) is 38.8 Å². The van der Waals surface area contributed by atoms with Crippen molar-refractivity contribution >= 4 is 11.9 Å². The number of likely N-dealkylation sites (N-methyl/N-ethyl adjacent to an activating group) is 1. The highest BCUT2D eigenvalue weighted by Crippen LogP contribution is 2.20. The number of ether oxygens (including phenoxy) is 1. The summed E-state index contributed by atoms with van der Waals surface area (Å²) >= 11 is 0. The molecule has 0 bridgehead atoms. The Bertz CT molecular complexity index is 484. The molecular weight excluding hydrogens is 330 g/mol. The molecule has 1 unspecified atom stereocenters. The predicted molar refractivity (Wildman–Crippen MR) is 103 cm³/mol. The van der Waals surface area contributed by atoms with Crippen molar-refractivity contribution in [3.63, 3.8) is 0 Å². The SMILES string of the molecule is CN(C)C(=O)CN=C(NC1CCOCC1)N1CCC(N2CCCCC2)C1. The lowest BCUT2D eigenvalue weighted by molar-refractivity contribution is -0.127. The van der Waals surface area contributed by atoms with E-state index >= 15 is 0 Å². The van der Waals surface area contributed by atoms with Crippen molar-refractivity contribution in [2.45, 2.75) is 50.6 Å². The number of carbonyl (C=O) groups is 1. The van der Waals surface area contributed by atoms with Crippen LogP contribution < -0.4 is 5.32 Å². The number of nitrogens with one attached hydrogen (secondary N) is 1. The van der Waals surface area contributed by atoms with Crippen LogP contribution in [0, 0.1) is 0 Å². The Balaban J connectivity index is 1.62. The quantitative estimate of drug-likeness (QED) is 0.589. The summed E-state index contributed by atoms with van der Waals surface area (Å²) in [5, 5.41) is 3.62. The number of guanidine groups is 1. The van der Waals surface area contributed by atoms with Crippen LogP contribution in [0.25, 0.3) is 0 Å². The Morgan fingerprint density at radius 1 is 1.12 bits per heavy atom. The van der Waals surface area contributed by atoms with Gasteiger partial charge in [0.1, 0.15) is 6.54 Å². The Hall–Kier alpha value is -1.34. The number of rotatable bonds is 4. The fraction of sp³-hybridized carbons (Fsp3) is 0.895. The smallest absolute Gasteiger partial charge is 0.243 e. The van der Waals surface area contributed by atoms with Crippen LogP contribution in [0.5, 0.6) is 0 Å². The molecule has 3 saturated heterocycles. The first kappa shape index (κ1) is 19.4. The number of nitrogens with zero attached hydrogens (tertiary/aromatic N) is 4. The molecule has 3 rings (SSSR count). The first-order chi connectivity index (χ1) is 12.6. The summed E-state index contributed by atoms with van der Waals surface area (Å²) in [5.41, 5.74) is 0. The van der Waals surface area contributed by atoms with Gasteiger partial charge in [0.15, 0.2) is 5.96 Å². The monoisotopic (exact) mass is 365 g/mol. The van der Waals surface area contributed by atoms with Crippen molar-refractivity contribution in [1.82, 2.24) is 20.0 Å². The molecular formula is C19H35N5O2. The lowest BCUT2D eigenvalue weighted by Crippen LogP contribution is -2.49. The molecule has 1 atom stereocenters. The Morgan fingerprint density at radius 3 is 2.54 bits per heavy atom. The number of likely N-dealkylation sites (tertiary alicyclic amines) is 2. The van der Waals surface area contributed by atoms with E-state index in [1.54, 1.807) is 19.0 Å². The van der Waals surface area contributed by atoms with Crippen LogP contribution in [0.15, 0.2) is 4.99 Å². The average molecular weight is 366 g/mol. The summed E-state index contributed by atoms with van der Waals surface area (Å²) in [6, 6.07) is 1.02. The Morgan fingerprint density at radius 2 is 1.85 bits per heavy atom. The minimum absolute atomic E-state index is 0.0445. The molecule has 3 aliphatic rings. The molecule has 1 N–H and O–H groups in total. The summed E-state index contributed by atoms with van der Waals surface area (Å²) in [6.07, 6.45) is 7.23. The summed E-state index contributed by atoms with van der Waals surface area (Å²) in [6.45, 7) is 6.33. The summed E-state index contributed by atoms with van der Waals surface area (Å²) in [5.74, 6) is 0.953. The lowest BCUT2D eigenvalue weighted by atomic mass is 10.1. The van der Waals surface area contributed by atoms with Gasteiger partial charge in [0.05, 0.1) is 0 Å². The molecule has 3 heterocycles. The first-order valence-electron chi connectivity index (χ1n) is 10.2. The highest BCUT2D eigenvalue weighted by Gasteiger charge is 2.31. The van der Waals surface area contributed by atoms with Gasteiger partial charge in [0, 0.05) is 52.5 Å². The van der Waals surface area contributed by atoms with Gasteiger partial charge in [-0.05, 0) is 45.2 Å². The van der Waals surface area contributed by atoms with E-state index in [4.69, 9.17) is 4.74 Å². The molecule has 3 fully saturated rings. The van der Waals surface area contributed by atoms with Crippen LogP contribution >= 0.6 is 0 Å². The van der Waals surface area contributed by atoms with E-state index in [-0.39, 0.29) is 12.5 Å². The minimum atomic E-state index is 0.0445. The van der Waals surface area contributed by atoms with Gasteiger partial charge in [0.25, 0.3) is 0 Å². The fourth-order valence-corrected chi connectivity index (χ4v) is 4.06. The number of carbonyl (C=O) groups excluding carboxylic acids is 1.